The summed E-state index contributed by atoms with van der Waals surface area (Å²) in [6.45, 7) is 3.33. The molecule has 5 nitrogen and oxygen atoms in total. The first-order valence-electron chi connectivity index (χ1n) is 6.24. The van der Waals surface area contributed by atoms with Crippen molar-refractivity contribution in [3.05, 3.63) is 45.2 Å². The number of aromatic nitrogens is 2. The maximum absolute atomic E-state index is 12.0. The predicted octanol–water partition coefficient (Wildman–Crippen LogP) is 2.66. The minimum absolute atomic E-state index is 0.107. The van der Waals surface area contributed by atoms with Crippen LogP contribution in [-0.4, -0.2) is 16.3 Å². The van der Waals surface area contributed by atoms with E-state index in [2.05, 4.69) is 26.3 Å². The van der Waals surface area contributed by atoms with Crippen LogP contribution in [-0.2, 0) is 13.0 Å². The molecule has 0 fully saturated rings. The van der Waals surface area contributed by atoms with Gasteiger partial charge in [-0.25, -0.2) is 4.68 Å². The van der Waals surface area contributed by atoms with Crippen LogP contribution in [0.15, 0.2) is 38.3 Å². The maximum Gasteiger partial charge on any atom is 0.283 e. The Morgan fingerprint density at radius 3 is 3.05 bits per heavy atom. The van der Waals surface area contributed by atoms with Crippen molar-refractivity contribution in [3.63, 3.8) is 0 Å². The van der Waals surface area contributed by atoms with Crippen LogP contribution < -0.4 is 10.9 Å². The van der Waals surface area contributed by atoms with Gasteiger partial charge >= 0.3 is 0 Å². The van der Waals surface area contributed by atoms with Gasteiger partial charge in [-0.15, -0.1) is 0 Å². The molecule has 0 spiro atoms. The minimum Gasteiger partial charge on any atom is -0.469 e. The molecule has 0 amide bonds. The fourth-order valence-corrected chi connectivity index (χ4v) is 2.18. The van der Waals surface area contributed by atoms with Crippen LogP contribution in [0, 0.1) is 0 Å². The van der Waals surface area contributed by atoms with Crippen molar-refractivity contribution in [2.45, 2.75) is 26.3 Å². The number of anilines is 1. The molecule has 0 atom stereocenters. The highest BCUT2D eigenvalue weighted by molar-refractivity contribution is 9.10. The maximum atomic E-state index is 12.0. The number of aryl methyl sites for hydroxylation is 1. The van der Waals surface area contributed by atoms with E-state index in [1.54, 1.807) is 12.5 Å². The van der Waals surface area contributed by atoms with E-state index in [0.29, 0.717) is 23.2 Å². The predicted molar refractivity (Wildman–Crippen MR) is 77.4 cm³/mol. The van der Waals surface area contributed by atoms with Gasteiger partial charge in [0, 0.05) is 19.5 Å². The van der Waals surface area contributed by atoms with Crippen molar-refractivity contribution < 1.29 is 4.42 Å². The molecule has 2 rings (SSSR count). The van der Waals surface area contributed by atoms with E-state index in [0.717, 1.165) is 18.6 Å². The average molecular weight is 326 g/mol. The first-order valence-corrected chi connectivity index (χ1v) is 7.03. The smallest absolute Gasteiger partial charge is 0.283 e. The number of nitrogens with one attached hydrogen (secondary N) is 1. The molecule has 0 saturated carbocycles. The zero-order chi connectivity index (χ0) is 13.7. The van der Waals surface area contributed by atoms with Crippen LogP contribution in [0.3, 0.4) is 0 Å². The first kappa shape index (κ1) is 13.9. The van der Waals surface area contributed by atoms with E-state index >= 15 is 0 Å². The second kappa shape index (κ2) is 6.56. The summed E-state index contributed by atoms with van der Waals surface area (Å²) < 4.78 is 7.23. The van der Waals surface area contributed by atoms with Crippen LogP contribution in [0.4, 0.5) is 5.69 Å². The summed E-state index contributed by atoms with van der Waals surface area (Å²) >= 11 is 3.32. The molecule has 2 heterocycles. The van der Waals surface area contributed by atoms with Gasteiger partial charge in [-0.05, 0) is 34.5 Å². The highest BCUT2D eigenvalue weighted by Gasteiger charge is 2.08. The van der Waals surface area contributed by atoms with Crippen LogP contribution in [0.5, 0.6) is 0 Å². The summed E-state index contributed by atoms with van der Waals surface area (Å²) in [7, 11) is 0. The van der Waals surface area contributed by atoms with Gasteiger partial charge in [-0.2, -0.15) is 5.10 Å². The molecule has 102 valence electrons. The number of hydrogen-bond donors (Lipinski definition) is 1. The van der Waals surface area contributed by atoms with Gasteiger partial charge in [0.2, 0.25) is 0 Å². The van der Waals surface area contributed by atoms with Gasteiger partial charge in [0.1, 0.15) is 10.2 Å². The second-order valence-electron chi connectivity index (χ2n) is 4.16. The van der Waals surface area contributed by atoms with Crippen LogP contribution in [0.1, 0.15) is 19.1 Å². The molecule has 6 heteroatoms. The van der Waals surface area contributed by atoms with E-state index in [1.165, 1.54) is 4.68 Å². The van der Waals surface area contributed by atoms with Gasteiger partial charge in [0.15, 0.2) is 0 Å². The lowest BCUT2D eigenvalue weighted by atomic mass is 10.3. The topological polar surface area (TPSA) is 60.1 Å². The molecule has 0 unspecified atom stereocenters. The summed E-state index contributed by atoms with van der Waals surface area (Å²) in [6, 6.07) is 3.78. The van der Waals surface area contributed by atoms with E-state index in [4.69, 9.17) is 4.42 Å². The Labute approximate surface area is 119 Å². The lowest BCUT2D eigenvalue weighted by Gasteiger charge is -2.09. The third kappa shape index (κ3) is 3.47. The summed E-state index contributed by atoms with van der Waals surface area (Å²) in [5, 5.41) is 7.31. The highest BCUT2D eigenvalue weighted by atomic mass is 79.9. The van der Waals surface area contributed by atoms with Gasteiger partial charge in [0.25, 0.3) is 5.56 Å². The van der Waals surface area contributed by atoms with Crippen molar-refractivity contribution in [2.75, 3.05) is 11.9 Å². The molecular formula is C13H16BrN3O2. The molecule has 0 radical (unpaired) electrons. The zero-order valence-corrected chi connectivity index (χ0v) is 12.3. The Bertz CT molecular complexity index is 578. The quantitative estimate of drug-likeness (QED) is 0.887. The molecule has 0 aromatic carbocycles. The van der Waals surface area contributed by atoms with Gasteiger partial charge in [-0.1, -0.05) is 6.92 Å². The Balaban J connectivity index is 2.01. The fraction of sp³-hybridized carbons (Fsp3) is 0.385. The summed E-state index contributed by atoms with van der Waals surface area (Å²) in [6.07, 6.45) is 4.96. The lowest BCUT2D eigenvalue weighted by Crippen LogP contribution is -2.24. The van der Waals surface area contributed by atoms with Crippen molar-refractivity contribution in [2.24, 2.45) is 0 Å². The van der Waals surface area contributed by atoms with Crippen molar-refractivity contribution in [1.82, 2.24) is 9.78 Å². The van der Waals surface area contributed by atoms with Crippen molar-refractivity contribution in [1.29, 1.82) is 0 Å². The molecule has 0 bridgehead atoms. The SMILES string of the molecule is CCCn1ncc(NCCc2ccco2)c(Br)c1=O. The summed E-state index contributed by atoms with van der Waals surface area (Å²) in [5.74, 6) is 0.913. The standard InChI is InChI=1S/C13H16BrN3O2/c1-2-7-17-13(18)12(14)11(9-16-17)15-6-5-10-4-3-8-19-10/h3-4,8-9,15H,2,5-7H2,1H3. The highest BCUT2D eigenvalue weighted by Crippen LogP contribution is 2.16. The van der Waals surface area contributed by atoms with E-state index in [-0.39, 0.29) is 5.56 Å². The summed E-state index contributed by atoms with van der Waals surface area (Å²) in [4.78, 5) is 12.0. The van der Waals surface area contributed by atoms with Crippen LogP contribution in [0.25, 0.3) is 0 Å². The first-order chi connectivity index (χ1) is 9.22. The molecule has 2 aromatic heterocycles. The third-order valence-corrected chi connectivity index (χ3v) is 3.45. The number of furan rings is 1. The van der Waals surface area contributed by atoms with E-state index < -0.39 is 0 Å². The molecule has 1 N–H and O–H groups in total. The zero-order valence-electron chi connectivity index (χ0n) is 10.7. The fourth-order valence-electron chi connectivity index (χ4n) is 1.73. The summed E-state index contributed by atoms with van der Waals surface area (Å²) in [5.41, 5.74) is 0.605. The van der Waals surface area contributed by atoms with Crippen LogP contribution >= 0.6 is 15.9 Å². The normalized spacial score (nSPS) is 10.6. The Kier molecular flexibility index (Phi) is 4.79. The molecule has 0 aliphatic carbocycles. The lowest BCUT2D eigenvalue weighted by molar-refractivity contribution is 0.512. The number of nitrogens with zero attached hydrogens (tertiary/aromatic N) is 2. The monoisotopic (exact) mass is 325 g/mol. The Morgan fingerprint density at radius 2 is 2.37 bits per heavy atom. The number of hydrogen-bond acceptors (Lipinski definition) is 4. The molecular weight excluding hydrogens is 310 g/mol. The van der Waals surface area contributed by atoms with Crippen LogP contribution in [0.2, 0.25) is 0 Å². The second-order valence-corrected chi connectivity index (χ2v) is 4.95. The number of halogens is 1. The number of rotatable bonds is 6. The molecule has 0 aliphatic heterocycles. The minimum atomic E-state index is -0.107. The third-order valence-electron chi connectivity index (χ3n) is 2.69. The molecule has 0 saturated heterocycles. The molecule has 0 aliphatic rings. The van der Waals surface area contributed by atoms with Gasteiger partial charge in [0.05, 0.1) is 18.1 Å². The van der Waals surface area contributed by atoms with Crippen molar-refractivity contribution >= 4 is 21.6 Å². The largest absolute Gasteiger partial charge is 0.469 e. The Hall–Kier alpha value is -1.56. The van der Waals surface area contributed by atoms with Gasteiger partial charge < -0.3 is 9.73 Å². The molecule has 2 aromatic rings. The Morgan fingerprint density at radius 1 is 1.53 bits per heavy atom. The molecule has 19 heavy (non-hydrogen) atoms. The average Bonchev–Trinajstić information content (AvgIpc) is 2.91. The van der Waals surface area contributed by atoms with Crippen molar-refractivity contribution in [3.8, 4) is 0 Å². The van der Waals surface area contributed by atoms with Gasteiger partial charge in [-0.3, -0.25) is 4.79 Å². The van der Waals surface area contributed by atoms with E-state index in [1.807, 2.05) is 19.1 Å². The van der Waals surface area contributed by atoms with E-state index in [9.17, 15) is 4.79 Å².